The van der Waals surface area contributed by atoms with E-state index in [0.717, 1.165) is 5.69 Å². The second-order valence-electron chi connectivity index (χ2n) is 2.50. The standard InChI is InChI=1S/C8H12N4O2/c1-14-8(13)10-4-2-3-6-5-11-7(9)12-6/h2-3,5H,4H2,1H3,(H,10,13)(H3,9,11,12)/b3-2-. The lowest BCUT2D eigenvalue weighted by Gasteiger charge is -1.97. The maximum Gasteiger partial charge on any atom is 0.407 e. The van der Waals surface area contributed by atoms with Crippen LogP contribution in [0, 0.1) is 0 Å². The van der Waals surface area contributed by atoms with E-state index in [4.69, 9.17) is 5.73 Å². The van der Waals surface area contributed by atoms with Crippen molar-refractivity contribution in [3.8, 4) is 0 Å². The monoisotopic (exact) mass is 196 g/mol. The van der Waals surface area contributed by atoms with Crippen molar-refractivity contribution in [2.24, 2.45) is 0 Å². The molecular weight excluding hydrogens is 184 g/mol. The van der Waals surface area contributed by atoms with E-state index in [-0.39, 0.29) is 0 Å². The van der Waals surface area contributed by atoms with Gasteiger partial charge in [0, 0.05) is 6.54 Å². The fraction of sp³-hybridized carbons (Fsp3) is 0.250. The van der Waals surface area contributed by atoms with Gasteiger partial charge in [0.2, 0.25) is 0 Å². The lowest BCUT2D eigenvalue weighted by atomic mass is 10.4. The summed E-state index contributed by atoms with van der Waals surface area (Å²) in [5.41, 5.74) is 6.15. The number of imidazole rings is 1. The van der Waals surface area contributed by atoms with Gasteiger partial charge in [-0.25, -0.2) is 9.78 Å². The number of methoxy groups -OCH3 is 1. The minimum absolute atomic E-state index is 0.366. The van der Waals surface area contributed by atoms with Crippen molar-refractivity contribution in [2.75, 3.05) is 19.4 Å². The van der Waals surface area contributed by atoms with Crippen molar-refractivity contribution in [1.82, 2.24) is 15.3 Å². The molecule has 0 aromatic carbocycles. The van der Waals surface area contributed by atoms with E-state index in [9.17, 15) is 4.79 Å². The number of amides is 1. The molecule has 0 aliphatic carbocycles. The summed E-state index contributed by atoms with van der Waals surface area (Å²) in [6, 6.07) is 0. The van der Waals surface area contributed by atoms with Gasteiger partial charge in [-0.3, -0.25) is 0 Å². The molecule has 14 heavy (non-hydrogen) atoms. The van der Waals surface area contributed by atoms with Crippen LogP contribution in [0.2, 0.25) is 0 Å². The van der Waals surface area contributed by atoms with Gasteiger partial charge in [0.15, 0.2) is 5.95 Å². The Bertz CT molecular complexity index is 332. The Morgan fingerprint density at radius 2 is 2.64 bits per heavy atom. The van der Waals surface area contributed by atoms with Crippen LogP contribution < -0.4 is 11.1 Å². The number of nitrogens with zero attached hydrogens (tertiary/aromatic N) is 1. The number of H-pyrrole nitrogens is 1. The molecule has 76 valence electrons. The molecule has 0 spiro atoms. The molecule has 6 nitrogen and oxygen atoms in total. The van der Waals surface area contributed by atoms with Crippen LogP contribution in [0.5, 0.6) is 0 Å². The average Bonchev–Trinajstić information content (AvgIpc) is 2.58. The first-order valence-electron chi connectivity index (χ1n) is 4.01. The molecule has 0 unspecified atom stereocenters. The van der Waals surface area contributed by atoms with Crippen molar-refractivity contribution in [1.29, 1.82) is 0 Å². The predicted octanol–water partition coefficient (Wildman–Crippen LogP) is 0.361. The van der Waals surface area contributed by atoms with E-state index in [1.807, 2.05) is 0 Å². The summed E-state index contributed by atoms with van der Waals surface area (Å²) in [6.45, 7) is 0.394. The highest BCUT2D eigenvalue weighted by atomic mass is 16.5. The highest BCUT2D eigenvalue weighted by Crippen LogP contribution is 1.99. The first-order chi connectivity index (χ1) is 6.72. The van der Waals surface area contributed by atoms with Gasteiger partial charge >= 0.3 is 6.09 Å². The summed E-state index contributed by atoms with van der Waals surface area (Å²) in [5.74, 6) is 0.366. The minimum Gasteiger partial charge on any atom is -0.453 e. The molecule has 1 heterocycles. The van der Waals surface area contributed by atoms with Crippen LogP contribution in [-0.4, -0.2) is 29.7 Å². The number of aromatic nitrogens is 2. The molecule has 4 N–H and O–H groups in total. The zero-order chi connectivity index (χ0) is 10.4. The number of aromatic amines is 1. The van der Waals surface area contributed by atoms with Crippen molar-refractivity contribution in [3.05, 3.63) is 18.0 Å². The Kier molecular flexibility index (Phi) is 3.54. The van der Waals surface area contributed by atoms with Gasteiger partial charge in [-0.2, -0.15) is 0 Å². The van der Waals surface area contributed by atoms with Crippen LogP contribution in [0.4, 0.5) is 10.7 Å². The maximum atomic E-state index is 10.6. The molecule has 1 rings (SSSR count). The van der Waals surface area contributed by atoms with Crippen LogP contribution in [0.25, 0.3) is 6.08 Å². The molecule has 6 heteroatoms. The van der Waals surface area contributed by atoms with Gasteiger partial charge in [-0.15, -0.1) is 0 Å². The number of hydrogen-bond acceptors (Lipinski definition) is 4. The fourth-order valence-electron chi connectivity index (χ4n) is 0.837. The Hall–Kier alpha value is -1.98. The lowest BCUT2D eigenvalue weighted by molar-refractivity contribution is 0.172. The SMILES string of the molecule is COC(=O)NC/C=C\c1cnc(N)[nH]1. The zero-order valence-electron chi connectivity index (χ0n) is 7.78. The summed E-state index contributed by atoms with van der Waals surface area (Å²) in [5, 5.41) is 2.50. The maximum absolute atomic E-state index is 10.6. The second-order valence-corrected chi connectivity index (χ2v) is 2.50. The molecule has 1 aromatic rings. The van der Waals surface area contributed by atoms with Crippen molar-refractivity contribution in [2.45, 2.75) is 0 Å². The lowest BCUT2D eigenvalue weighted by Crippen LogP contribution is -2.22. The number of alkyl carbamates (subject to hydrolysis) is 1. The number of hydrogen-bond donors (Lipinski definition) is 3. The number of ether oxygens (including phenoxy) is 1. The molecule has 0 aliphatic heterocycles. The molecule has 0 aliphatic rings. The number of carbonyl (C=O) groups is 1. The fourth-order valence-corrected chi connectivity index (χ4v) is 0.837. The molecule has 0 saturated heterocycles. The highest BCUT2D eigenvalue weighted by Gasteiger charge is 1.93. The van der Waals surface area contributed by atoms with Crippen molar-refractivity contribution in [3.63, 3.8) is 0 Å². The Balaban J connectivity index is 2.31. The number of rotatable bonds is 3. The van der Waals surface area contributed by atoms with Gasteiger partial charge in [-0.1, -0.05) is 6.08 Å². The predicted molar refractivity (Wildman–Crippen MR) is 52.4 cm³/mol. The summed E-state index contributed by atoms with van der Waals surface area (Å²) >= 11 is 0. The number of nitrogens with two attached hydrogens (primary N) is 1. The molecule has 0 saturated carbocycles. The number of nitrogens with one attached hydrogen (secondary N) is 2. The van der Waals surface area contributed by atoms with Gasteiger partial charge in [0.25, 0.3) is 0 Å². The third kappa shape index (κ3) is 3.18. The number of carbonyl (C=O) groups excluding carboxylic acids is 1. The minimum atomic E-state index is -0.459. The Labute approximate surface area is 81.2 Å². The van der Waals surface area contributed by atoms with Gasteiger partial charge in [0.1, 0.15) is 0 Å². The van der Waals surface area contributed by atoms with Gasteiger partial charge < -0.3 is 20.8 Å². The van der Waals surface area contributed by atoms with Crippen molar-refractivity contribution >= 4 is 18.1 Å². The smallest absolute Gasteiger partial charge is 0.407 e. The first-order valence-corrected chi connectivity index (χ1v) is 4.01. The van der Waals surface area contributed by atoms with E-state index in [1.165, 1.54) is 7.11 Å². The summed E-state index contributed by atoms with van der Waals surface area (Å²) in [6.07, 6.45) is 4.66. The third-order valence-corrected chi connectivity index (χ3v) is 1.46. The quantitative estimate of drug-likeness (QED) is 0.650. The van der Waals surface area contributed by atoms with E-state index >= 15 is 0 Å². The molecular formula is C8H12N4O2. The molecule has 0 radical (unpaired) electrons. The molecule has 1 aromatic heterocycles. The summed E-state index contributed by atoms with van der Waals surface area (Å²) in [7, 11) is 1.31. The van der Waals surface area contributed by atoms with Crippen LogP contribution >= 0.6 is 0 Å². The van der Waals surface area contributed by atoms with Crippen LogP contribution in [0.3, 0.4) is 0 Å². The second kappa shape index (κ2) is 4.90. The summed E-state index contributed by atoms with van der Waals surface area (Å²) < 4.78 is 4.38. The molecule has 0 bridgehead atoms. The van der Waals surface area contributed by atoms with Crippen molar-refractivity contribution < 1.29 is 9.53 Å². The average molecular weight is 196 g/mol. The zero-order valence-corrected chi connectivity index (χ0v) is 7.78. The van der Waals surface area contributed by atoms with Crippen LogP contribution in [-0.2, 0) is 4.74 Å². The van der Waals surface area contributed by atoms with Crippen LogP contribution in [0.1, 0.15) is 5.69 Å². The third-order valence-electron chi connectivity index (χ3n) is 1.46. The molecule has 0 atom stereocenters. The Morgan fingerprint density at radius 1 is 1.86 bits per heavy atom. The number of nitrogen functional groups attached to an aromatic ring is 1. The highest BCUT2D eigenvalue weighted by molar-refractivity contribution is 5.67. The van der Waals surface area contributed by atoms with E-state index < -0.39 is 6.09 Å². The van der Waals surface area contributed by atoms with Crippen LogP contribution in [0.15, 0.2) is 12.3 Å². The topological polar surface area (TPSA) is 93.0 Å². The van der Waals surface area contributed by atoms with E-state index in [2.05, 4.69) is 20.0 Å². The number of anilines is 1. The Morgan fingerprint density at radius 3 is 3.21 bits per heavy atom. The molecule has 0 fully saturated rings. The first kappa shape index (κ1) is 10.1. The summed E-state index contributed by atoms with van der Waals surface area (Å²) in [4.78, 5) is 17.2. The molecule has 1 amide bonds. The van der Waals surface area contributed by atoms with E-state index in [1.54, 1.807) is 18.3 Å². The largest absolute Gasteiger partial charge is 0.453 e. The normalized spacial score (nSPS) is 10.4. The van der Waals surface area contributed by atoms with Gasteiger partial charge in [0.05, 0.1) is 19.0 Å². The van der Waals surface area contributed by atoms with Gasteiger partial charge in [-0.05, 0) is 6.08 Å². The van der Waals surface area contributed by atoms with E-state index in [0.29, 0.717) is 12.5 Å².